The Bertz CT molecular complexity index is 575. The van der Waals surface area contributed by atoms with Crippen molar-refractivity contribution in [2.24, 2.45) is 5.41 Å². The molecule has 1 aliphatic carbocycles. The zero-order valence-corrected chi connectivity index (χ0v) is 13.5. The first kappa shape index (κ1) is 16.5. The lowest BCUT2D eigenvalue weighted by molar-refractivity contribution is -0.171. The molecule has 1 aromatic rings. The Hall–Kier alpha value is -1.89. The van der Waals surface area contributed by atoms with Gasteiger partial charge in [0.25, 0.3) is 0 Å². The second-order valence-electron chi connectivity index (χ2n) is 5.06. The van der Waals surface area contributed by atoms with Crippen LogP contribution in [0.2, 0.25) is 0 Å². The van der Waals surface area contributed by atoms with E-state index in [2.05, 4.69) is 0 Å². The number of carbonyl (C=O) groups excluding carboxylic acids is 3. The molecule has 1 aliphatic rings. The van der Waals surface area contributed by atoms with Gasteiger partial charge in [0.1, 0.15) is 0 Å². The number of thiophene rings is 1. The number of hydrogen-bond donors (Lipinski definition) is 0. The summed E-state index contributed by atoms with van der Waals surface area (Å²) in [6.07, 6.45) is 0.166. The normalized spacial score (nSPS) is 19.0. The summed E-state index contributed by atoms with van der Waals surface area (Å²) in [5, 5.41) is 1.83. The molecule has 120 valence electrons. The Morgan fingerprint density at radius 3 is 2.45 bits per heavy atom. The molecule has 1 heterocycles. The van der Waals surface area contributed by atoms with Crippen molar-refractivity contribution in [1.29, 1.82) is 0 Å². The van der Waals surface area contributed by atoms with Crippen LogP contribution in [0, 0.1) is 5.41 Å². The number of carbonyl (C=O) groups is 3. The Kier molecular flexibility index (Phi) is 4.85. The number of hydrogen-bond acceptors (Lipinski definition) is 7. The summed E-state index contributed by atoms with van der Waals surface area (Å²) in [6, 6.07) is 1.81. The molecule has 1 atom stereocenters. The molecule has 0 bridgehead atoms. The minimum absolute atomic E-state index is 0.00130. The van der Waals surface area contributed by atoms with Crippen LogP contribution in [0.15, 0.2) is 11.4 Å². The summed E-state index contributed by atoms with van der Waals surface area (Å²) in [7, 11) is 2.44. The van der Waals surface area contributed by atoms with Gasteiger partial charge in [-0.05, 0) is 30.4 Å². The van der Waals surface area contributed by atoms with Crippen LogP contribution in [0.4, 0.5) is 0 Å². The highest BCUT2D eigenvalue weighted by atomic mass is 32.1. The third-order valence-corrected chi connectivity index (χ3v) is 4.94. The minimum atomic E-state index is -1.50. The summed E-state index contributed by atoms with van der Waals surface area (Å²) in [4.78, 5) is 37.6. The first-order valence-electron chi connectivity index (χ1n) is 6.90. The van der Waals surface area contributed by atoms with Gasteiger partial charge >= 0.3 is 17.9 Å². The molecule has 7 heteroatoms. The molecule has 22 heavy (non-hydrogen) atoms. The lowest BCUT2D eigenvalue weighted by atomic mass is 9.69. The number of fused-ring (bicyclic) bond motifs is 1. The molecule has 1 aromatic heterocycles. The van der Waals surface area contributed by atoms with Crippen molar-refractivity contribution in [3.63, 3.8) is 0 Å². The zero-order valence-electron chi connectivity index (χ0n) is 12.7. The SMILES string of the molecule is CCOC(=O)C1CC(C(=O)OC)(C(=O)OC)Cc2ccsc21. The van der Waals surface area contributed by atoms with Crippen LogP contribution in [0.25, 0.3) is 0 Å². The standard InChI is InChI=1S/C15H18O6S/c1-4-21-12(16)10-8-15(13(17)19-2,14(18)20-3)7-9-5-6-22-11(9)10/h5-6,10H,4,7-8H2,1-3H3. The Labute approximate surface area is 132 Å². The third-order valence-electron chi connectivity index (χ3n) is 3.87. The average molecular weight is 326 g/mol. The predicted octanol–water partition coefficient (Wildman–Crippen LogP) is 1.67. The molecule has 0 N–H and O–H groups in total. The minimum Gasteiger partial charge on any atom is -0.468 e. The van der Waals surface area contributed by atoms with Crippen molar-refractivity contribution in [3.05, 3.63) is 21.9 Å². The molecule has 0 saturated heterocycles. The highest BCUT2D eigenvalue weighted by Gasteiger charge is 2.55. The fourth-order valence-electron chi connectivity index (χ4n) is 2.86. The van der Waals surface area contributed by atoms with Crippen molar-refractivity contribution in [2.75, 3.05) is 20.8 Å². The van der Waals surface area contributed by atoms with E-state index >= 15 is 0 Å². The highest BCUT2D eigenvalue weighted by Crippen LogP contribution is 2.46. The second kappa shape index (κ2) is 6.48. The van der Waals surface area contributed by atoms with Crippen LogP contribution in [0.1, 0.15) is 29.7 Å². The van der Waals surface area contributed by atoms with E-state index in [1.807, 2.05) is 11.4 Å². The summed E-state index contributed by atoms with van der Waals surface area (Å²) < 4.78 is 14.7. The van der Waals surface area contributed by atoms with E-state index in [1.165, 1.54) is 25.6 Å². The Balaban J connectivity index is 2.49. The maximum Gasteiger partial charge on any atom is 0.323 e. The number of ether oxygens (including phenoxy) is 3. The van der Waals surface area contributed by atoms with Gasteiger partial charge in [-0.2, -0.15) is 0 Å². The molecular weight excluding hydrogens is 308 g/mol. The lowest BCUT2D eigenvalue weighted by Gasteiger charge is -2.35. The van der Waals surface area contributed by atoms with Crippen molar-refractivity contribution in [1.82, 2.24) is 0 Å². The van der Waals surface area contributed by atoms with Gasteiger partial charge in [-0.15, -0.1) is 11.3 Å². The van der Waals surface area contributed by atoms with Gasteiger partial charge in [0.05, 0.1) is 26.7 Å². The maximum atomic E-state index is 12.3. The summed E-state index contributed by atoms with van der Waals surface area (Å²) in [6.45, 7) is 1.95. The van der Waals surface area contributed by atoms with Crippen molar-refractivity contribution in [2.45, 2.75) is 25.7 Å². The smallest absolute Gasteiger partial charge is 0.323 e. The molecule has 0 amide bonds. The highest BCUT2D eigenvalue weighted by molar-refractivity contribution is 7.10. The van der Waals surface area contributed by atoms with E-state index in [-0.39, 0.29) is 19.4 Å². The van der Waals surface area contributed by atoms with E-state index in [4.69, 9.17) is 14.2 Å². The molecule has 2 rings (SSSR count). The quantitative estimate of drug-likeness (QED) is 0.476. The van der Waals surface area contributed by atoms with Gasteiger partial charge in [0.2, 0.25) is 0 Å². The van der Waals surface area contributed by atoms with Crippen LogP contribution in [0.3, 0.4) is 0 Å². The van der Waals surface area contributed by atoms with E-state index in [1.54, 1.807) is 6.92 Å². The molecule has 0 fully saturated rings. The van der Waals surface area contributed by atoms with E-state index < -0.39 is 29.2 Å². The van der Waals surface area contributed by atoms with Crippen LogP contribution in [-0.4, -0.2) is 38.7 Å². The van der Waals surface area contributed by atoms with E-state index in [0.717, 1.165) is 10.4 Å². The lowest BCUT2D eigenvalue weighted by Crippen LogP contribution is -2.47. The molecule has 0 spiro atoms. The Morgan fingerprint density at radius 2 is 1.91 bits per heavy atom. The first-order valence-corrected chi connectivity index (χ1v) is 7.77. The molecule has 1 unspecified atom stereocenters. The van der Waals surface area contributed by atoms with Gasteiger partial charge in [0, 0.05) is 11.3 Å². The fraction of sp³-hybridized carbons (Fsp3) is 0.533. The number of methoxy groups -OCH3 is 2. The summed E-state index contributed by atoms with van der Waals surface area (Å²) >= 11 is 1.42. The fourth-order valence-corrected chi connectivity index (χ4v) is 3.87. The van der Waals surface area contributed by atoms with Gasteiger partial charge in [-0.1, -0.05) is 0 Å². The third kappa shape index (κ3) is 2.61. The molecule has 0 aromatic carbocycles. The average Bonchev–Trinajstić information content (AvgIpc) is 3.00. The van der Waals surface area contributed by atoms with Crippen molar-refractivity contribution in [3.8, 4) is 0 Å². The summed E-state index contributed by atoms with van der Waals surface area (Å²) in [5.74, 6) is -2.49. The molecule has 0 radical (unpaired) electrons. The Morgan fingerprint density at radius 1 is 1.27 bits per heavy atom. The van der Waals surface area contributed by atoms with Crippen LogP contribution < -0.4 is 0 Å². The number of esters is 3. The van der Waals surface area contributed by atoms with E-state index in [9.17, 15) is 14.4 Å². The van der Waals surface area contributed by atoms with Crippen LogP contribution >= 0.6 is 11.3 Å². The topological polar surface area (TPSA) is 78.9 Å². The molecule has 0 saturated carbocycles. The van der Waals surface area contributed by atoms with Gasteiger partial charge in [0.15, 0.2) is 5.41 Å². The monoisotopic (exact) mass is 326 g/mol. The zero-order chi connectivity index (χ0) is 16.3. The number of rotatable bonds is 4. The van der Waals surface area contributed by atoms with Crippen LogP contribution in [0.5, 0.6) is 0 Å². The largest absolute Gasteiger partial charge is 0.468 e. The van der Waals surface area contributed by atoms with Gasteiger partial charge < -0.3 is 14.2 Å². The molecule has 6 nitrogen and oxygen atoms in total. The van der Waals surface area contributed by atoms with Crippen LogP contribution in [-0.2, 0) is 35.0 Å². The van der Waals surface area contributed by atoms with Crippen molar-refractivity contribution >= 4 is 29.2 Å². The van der Waals surface area contributed by atoms with Gasteiger partial charge in [-0.25, -0.2) is 0 Å². The van der Waals surface area contributed by atoms with E-state index in [0.29, 0.717) is 0 Å². The maximum absolute atomic E-state index is 12.3. The first-order chi connectivity index (χ1) is 10.5. The molecular formula is C15H18O6S. The molecule has 0 aliphatic heterocycles. The summed E-state index contributed by atoms with van der Waals surface area (Å²) in [5.41, 5.74) is -0.722. The van der Waals surface area contributed by atoms with Gasteiger partial charge in [-0.3, -0.25) is 14.4 Å². The van der Waals surface area contributed by atoms with Crippen molar-refractivity contribution < 1.29 is 28.6 Å². The predicted molar refractivity (Wildman–Crippen MR) is 78.5 cm³/mol. The second-order valence-corrected chi connectivity index (χ2v) is 6.01.